The van der Waals surface area contributed by atoms with E-state index in [-0.39, 0.29) is 11.9 Å². The van der Waals surface area contributed by atoms with Crippen LogP contribution in [0.1, 0.15) is 18.1 Å². The second-order valence-electron chi connectivity index (χ2n) is 7.82. The van der Waals surface area contributed by atoms with E-state index in [1.165, 1.54) is 10.5 Å². The van der Waals surface area contributed by atoms with Crippen LogP contribution in [0.3, 0.4) is 0 Å². The second-order valence-corrected chi connectivity index (χ2v) is 8.26. The first kappa shape index (κ1) is 19.9. The number of rotatable bonds is 5. The number of imide groups is 1. The van der Waals surface area contributed by atoms with Gasteiger partial charge in [0.05, 0.1) is 6.67 Å². The number of halogens is 1. The van der Waals surface area contributed by atoms with Crippen molar-refractivity contribution in [1.82, 2.24) is 20.0 Å². The quantitative estimate of drug-likeness (QED) is 0.767. The normalized spacial score (nSPS) is 23.4. The maximum Gasteiger partial charge on any atom is 0.326 e. The monoisotopic (exact) mass is 412 g/mol. The van der Waals surface area contributed by atoms with Crippen LogP contribution in [0, 0.1) is 0 Å². The van der Waals surface area contributed by atoms with Crippen molar-refractivity contribution in [1.29, 1.82) is 0 Å². The molecule has 0 bridgehead atoms. The highest BCUT2D eigenvalue weighted by Crippen LogP contribution is 2.28. The molecular weight excluding hydrogens is 388 g/mol. The highest BCUT2D eigenvalue weighted by Gasteiger charge is 2.49. The second kappa shape index (κ2) is 8.14. The molecular formula is C22H25ClN4O2. The predicted octanol–water partition coefficient (Wildman–Crippen LogP) is 2.88. The highest BCUT2D eigenvalue weighted by atomic mass is 35.5. The van der Waals surface area contributed by atoms with E-state index >= 15 is 0 Å². The Hall–Kier alpha value is -2.41. The fraction of sp³-hybridized carbons (Fsp3) is 0.364. The molecule has 6 nitrogen and oxygen atoms in total. The highest BCUT2D eigenvalue weighted by molar-refractivity contribution is 6.30. The Bertz CT molecular complexity index is 899. The molecule has 0 aromatic heterocycles. The maximum absolute atomic E-state index is 13.0. The SMILES string of the molecule is C[C@@]1(c2ccccc2)NC(=O)N(CN2CCN(Cc3cccc(Cl)c3)CC2)C1=O. The number of carbonyl (C=O) groups is 2. The van der Waals surface area contributed by atoms with Crippen LogP contribution in [0.4, 0.5) is 4.79 Å². The van der Waals surface area contributed by atoms with Gasteiger partial charge in [-0.1, -0.05) is 54.1 Å². The minimum atomic E-state index is -1.01. The zero-order valence-electron chi connectivity index (χ0n) is 16.5. The molecule has 3 amide bonds. The van der Waals surface area contributed by atoms with Gasteiger partial charge in [0, 0.05) is 37.7 Å². The average molecular weight is 413 g/mol. The number of piperazine rings is 1. The number of hydrogen-bond donors (Lipinski definition) is 1. The largest absolute Gasteiger partial charge is 0.326 e. The summed E-state index contributed by atoms with van der Waals surface area (Å²) in [5.74, 6) is -0.199. The molecule has 2 aliphatic rings. The van der Waals surface area contributed by atoms with E-state index in [1.54, 1.807) is 6.92 Å². The number of benzene rings is 2. The lowest BCUT2D eigenvalue weighted by Crippen LogP contribution is -2.51. The van der Waals surface area contributed by atoms with Gasteiger partial charge in [0.15, 0.2) is 0 Å². The van der Waals surface area contributed by atoms with Crippen LogP contribution in [-0.2, 0) is 16.9 Å². The zero-order chi connectivity index (χ0) is 20.4. The van der Waals surface area contributed by atoms with Crippen molar-refractivity contribution in [2.75, 3.05) is 32.8 Å². The van der Waals surface area contributed by atoms with Crippen molar-refractivity contribution in [3.8, 4) is 0 Å². The van der Waals surface area contributed by atoms with Crippen molar-refractivity contribution in [2.24, 2.45) is 0 Å². The number of carbonyl (C=O) groups excluding carboxylic acids is 2. The summed E-state index contributed by atoms with van der Waals surface area (Å²) in [7, 11) is 0. The van der Waals surface area contributed by atoms with E-state index < -0.39 is 5.54 Å². The van der Waals surface area contributed by atoms with Crippen LogP contribution in [0.5, 0.6) is 0 Å². The molecule has 0 unspecified atom stereocenters. The number of amides is 3. The number of nitrogens with one attached hydrogen (secondary N) is 1. The summed E-state index contributed by atoms with van der Waals surface area (Å²) in [6, 6.07) is 17.0. The van der Waals surface area contributed by atoms with Gasteiger partial charge in [0.25, 0.3) is 5.91 Å². The van der Waals surface area contributed by atoms with Crippen molar-refractivity contribution < 1.29 is 9.59 Å². The summed E-state index contributed by atoms with van der Waals surface area (Å²) in [6.45, 7) is 6.31. The Labute approximate surface area is 176 Å². The predicted molar refractivity (Wildman–Crippen MR) is 112 cm³/mol. The van der Waals surface area contributed by atoms with Gasteiger partial charge < -0.3 is 5.32 Å². The Balaban J connectivity index is 1.35. The molecule has 29 heavy (non-hydrogen) atoms. The molecule has 152 valence electrons. The molecule has 0 spiro atoms. The standard InChI is InChI=1S/C22H25ClN4O2/c1-22(18-7-3-2-4-8-18)20(28)27(21(29)24-22)16-26-12-10-25(11-13-26)15-17-6-5-9-19(23)14-17/h2-9,14H,10-13,15-16H2,1H3,(H,24,29)/t22-/m0/s1. The fourth-order valence-corrected chi connectivity index (χ4v) is 4.19. The molecule has 1 N–H and O–H groups in total. The van der Waals surface area contributed by atoms with Crippen LogP contribution < -0.4 is 5.32 Å². The van der Waals surface area contributed by atoms with Gasteiger partial charge in [0.1, 0.15) is 5.54 Å². The van der Waals surface area contributed by atoms with Crippen molar-refractivity contribution in [3.05, 3.63) is 70.7 Å². The zero-order valence-corrected chi connectivity index (χ0v) is 17.2. The molecule has 7 heteroatoms. The Morgan fingerprint density at radius 3 is 2.34 bits per heavy atom. The van der Waals surface area contributed by atoms with Gasteiger partial charge in [0.2, 0.25) is 0 Å². The third kappa shape index (κ3) is 4.15. The summed E-state index contributed by atoms with van der Waals surface area (Å²) in [4.78, 5) is 31.4. The van der Waals surface area contributed by atoms with E-state index in [1.807, 2.05) is 48.5 Å². The van der Waals surface area contributed by atoms with Gasteiger partial charge in [-0.3, -0.25) is 14.6 Å². The average Bonchev–Trinajstić information content (AvgIpc) is 2.94. The molecule has 0 saturated carbocycles. The van der Waals surface area contributed by atoms with Crippen LogP contribution in [0.25, 0.3) is 0 Å². The summed E-state index contributed by atoms with van der Waals surface area (Å²) >= 11 is 6.07. The molecule has 4 rings (SSSR count). The van der Waals surface area contributed by atoms with E-state index in [4.69, 9.17) is 11.6 Å². The van der Waals surface area contributed by atoms with Gasteiger partial charge in [-0.05, 0) is 30.2 Å². The molecule has 0 aliphatic carbocycles. The summed E-state index contributed by atoms with van der Waals surface area (Å²) < 4.78 is 0. The number of urea groups is 1. The molecule has 2 fully saturated rings. The van der Waals surface area contributed by atoms with E-state index in [0.29, 0.717) is 6.67 Å². The summed E-state index contributed by atoms with van der Waals surface area (Å²) in [5.41, 5.74) is 0.984. The molecule has 2 saturated heterocycles. The van der Waals surface area contributed by atoms with Crippen LogP contribution in [0.15, 0.2) is 54.6 Å². The lowest BCUT2D eigenvalue weighted by molar-refractivity contribution is -0.132. The van der Waals surface area contributed by atoms with Gasteiger partial charge in [-0.15, -0.1) is 0 Å². The van der Waals surface area contributed by atoms with Crippen LogP contribution in [0.2, 0.25) is 5.02 Å². The van der Waals surface area contributed by atoms with Crippen LogP contribution >= 0.6 is 11.6 Å². The molecule has 2 aromatic rings. The fourth-order valence-electron chi connectivity index (χ4n) is 3.97. The minimum Gasteiger partial charge on any atom is -0.319 e. The van der Waals surface area contributed by atoms with Crippen molar-refractivity contribution >= 4 is 23.5 Å². The van der Waals surface area contributed by atoms with E-state index in [0.717, 1.165) is 43.3 Å². The molecule has 1 atom stereocenters. The van der Waals surface area contributed by atoms with Gasteiger partial charge in [-0.25, -0.2) is 9.69 Å². The van der Waals surface area contributed by atoms with Crippen molar-refractivity contribution in [2.45, 2.75) is 19.0 Å². The third-order valence-electron chi connectivity index (χ3n) is 5.73. The number of hydrogen-bond acceptors (Lipinski definition) is 4. The first-order valence-electron chi connectivity index (χ1n) is 9.84. The molecule has 0 radical (unpaired) electrons. The Morgan fingerprint density at radius 2 is 1.66 bits per heavy atom. The maximum atomic E-state index is 13.0. The Morgan fingerprint density at radius 1 is 0.966 bits per heavy atom. The first-order valence-corrected chi connectivity index (χ1v) is 10.2. The minimum absolute atomic E-state index is 0.199. The third-order valence-corrected chi connectivity index (χ3v) is 5.96. The molecule has 2 heterocycles. The Kier molecular flexibility index (Phi) is 5.58. The molecule has 2 aliphatic heterocycles. The number of nitrogens with zero attached hydrogens (tertiary/aromatic N) is 3. The van der Waals surface area contributed by atoms with E-state index in [9.17, 15) is 9.59 Å². The van der Waals surface area contributed by atoms with Crippen LogP contribution in [-0.4, -0.2) is 59.5 Å². The smallest absolute Gasteiger partial charge is 0.319 e. The summed E-state index contributed by atoms with van der Waals surface area (Å²) in [6.07, 6.45) is 0. The van der Waals surface area contributed by atoms with E-state index in [2.05, 4.69) is 21.2 Å². The molecule has 2 aromatic carbocycles. The first-order chi connectivity index (χ1) is 14.0. The van der Waals surface area contributed by atoms with Crippen molar-refractivity contribution in [3.63, 3.8) is 0 Å². The van der Waals surface area contributed by atoms with Gasteiger partial charge in [-0.2, -0.15) is 0 Å². The lowest BCUT2D eigenvalue weighted by Gasteiger charge is -2.36. The topological polar surface area (TPSA) is 55.9 Å². The lowest BCUT2D eigenvalue weighted by atomic mass is 9.92. The summed E-state index contributed by atoms with van der Waals surface area (Å²) in [5, 5.41) is 3.62. The van der Waals surface area contributed by atoms with Gasteiger partial charge >= 0.3 is 6.03 Å².